The number of benzene rings is 2. The Labute approximate surface area is 150 Å². The first kappa shape index (κ1) is 17.2. The standard InChI is InChI=1S/C20H16N2O4/c23-19(14-26-20(24)16-10-12-22(25)13-11-16)21-18-9-5-4-8-17(18)15-6-2-1-3-7-15/h1-13H,14H2,(H,21,23). The molecule has 6 nitrogen and oxygen atoms in total. The predicted octanol–water partition coefficient (Wildman–Crippen LogP) is 2.78. The van der Waals surface area contributed by atoms with Gasteiger partial charge in [0.25, 0.3) is 5.91 Å². The van der Waals surface area contributed by atoms with Crippen molar-refractivity contribution in [2.24, 2.45) is 0 Å². The van der Waals surface area contributed by atoms with E-state index < -0.39 is 18.5 Å². The van der Waals surface area contributed by atoms with Gasteiger partial charge in [0.2, 0.25) is 0 Å². The van der Waals surface area contributed by atoms with Crippen molar-refractivity contribution in [3.05, 3.63) is 89.9 Å². The average Bonchev–Trinajstić information content (AvgIpc) is 2.68. The molecule has 0 aliphatic heterocycles. The summed E-state index contributed by atoms with van der Waals surface area (Å²) in [4.78, 5) is 24.0. The molecule has 0 radical (unpaired) electrons. The maximum atomic E-state index is 12.1. The molecular weight excluding hydrogens is 332 g/mol. The van der Waals surface area contributed by atoms with Gasteiger partial charge in [0.15, 0.2) is 19.0 Å². The first-order valence-corrected chi connectivity index (χ1v) is 7.94. The van der Waals surface area contributed by atoms with E-state index in [1.807, 2.05) is 48.5 Å². The number of carbonyl (C=O) groups excluding carboxylic acids is 2. The van der Waals surface area contributed by atoms with Gasteiger partial charge in [0.05, 0.1) is 5.56 Å². The van der Waals surface area contributed by atoms with Crippen molar-refractivity contribution in [1.29, 1.82) is 0 Å². The van der Waals surface area contributed by atoms with Gasteiger partial charge in [-0.05, 0) is 11.6 Å². The van der Waals surface area contributed by atoms with Crippen LogP contribution < -0.4 is 10.0 Å². The molecule has 26 heavy (non-hydrogen) atoms. The van der Waals surface area contributed by atoms with E-state index in [4.69, 9.17) is 4.74 Å². The highest BCUT2D eigenvalue weighted by Gasteiger charge is 2.13. The van der Waals surface area contributed by atoms with Crippen LogP contribution in [-0.2, 0) is 9.53 Å². The number of hydrogen-bond donors (Lipinski definition) is 1. The van der Waals surface area contributed by atoms with Crippen LogP contribution in [0.1, 0.15) is 10.4 Å². The van der Waals surface area contributed by atoms with Crippen LogP contribution in [-0.4, -0.2) is 18.5 Å². The number of para-hydroxylation sites is 1. The Morgan fingerprint density at radius 1 is 0.923 bits per heavy atom. The first-order valence-electron chi connectivity index (χ1n) is 7.94. The van der Waals surface area contributed by atoms with Gasteiger partial charge in [0, 0.05) is 23.4 Å². The van der Waals surface area contributed by atoms with Gasteiger partial charge in [-0.15, -0.1) is 0 Å². The zero-order valence-electron chi connectivity index (χ0n) is 13.8. The van der Waals surface area contributed by atoms with E-state index in [2.05, 4.69) is 5.32 Å². The number of carbonyl (C=O) groups is 2. The number of amides is 1. The van der Waals surface area contributed by atoms with E-state index in [0.29, 0.717) is 10.4 Å². The van der Waals surface area contributed by atoms with Crippen LogP contribution in [0.25, 0.3) is 11.1 Å². The van der Waals surface area contributed by atoms with Gasteiger partial charge in [0.1, 0.15) is 0 Å². The van der Waals surface area contributed by atoms with Crippen LogP contribution >= 0.6 is 0 Å². The van der Waals surface area contributed by atoms with Crippen LogP contribution in [0.2, 0.25) is 0 Å². The monoisotopic (exact) mass is 348 g/mol. The SMILES string of the molecule is O=C(COC(=O)c1cc[n+]([O-])cc1)Nc1ccccc1-c1ccccc1. The molecule has 2 aromatic carbocycles. The van der Waals surface area contributed by atoms with Crippen LogP contribution in [0.4, 0.5) is 5.69 Å². The summed E-state index contributed by atoms with van der Waals surface area (Å²) >= 11 is 0. The lowest BCUT2D eigenvalue weighted by atomic mass is 10.0. The fourth-order valence-electron chi connectivity index (χ4n) is 2.41. The van der Waals surface area contributed by atoms with E-state index in [-0.39, 0.29) is 5.56 Å². The van der Waals surface area contributed by atoms with Crippen molar-refractivity contribution in [3.63, 3.8) is 0 Å². The van der Waals surface area contributed by atoms with E-state index in [9.17, 15) is 14.8 Å². The highest BCUT2D eigenvalue weighted by atomic mass is 16.5. The summed E-state index contributed by atoms with van der Waals surface area (Å²) in [6.07, 6.45) is 2.37. The van der Waals surface area contributed by atoms with Gasteiger partial charge >= 0.3 is 5.97 Å². The minimum Gasteiger partial charge on any atom is -0.619 e. The van der Waals surface area contributed by atoms with Gasteiger partial charge < -0.3 is 15.3 Å². The number of nitrogens with zero attached hydrogens (tertiary/aromatic N) is 1. The van der Waals surface area contributed by atoms with Crippen molar-refractivity contribution >= 4 is 17.6 Å². The number of esters is 1. The van der Waals surface area contributed by atoms with Crippen molar-refractivity contribution in [1.82, 2.24) is 0 Å². The smallest absolute Gasteiger partial charge is 0.339 e. The molecule has 3 rings (SSSR count). The molecule has 0 bridgehead atoms. The molecule has 1 N–H and O–H groups in total. The Bertz CT molecular complexity index is 909. The number of ether oxygens (including phenoxy) is 1. The van der Waals surface area contributed by atoms with E-state index in [0.717, 1.165) is 11.1 Å². The molecule has 0 unspecified atom stereocenters. The van der Waals surface area contributed by atoms with Crippen molar-refractivity contribution in [2.75, 3.05) is 11.9 Å². The molecule has 0 saturated carbocycles. The Hall–Kier alpha value is -3.67. The third-order valence-electron chi connectivity index (χ3n) is 3.66. The predicted molar refractivity (Wildman–Crippen MR) is 96.2 cm³/mol. The third kappa shape index (κ3) is 4.24. The van der Waals surface area contributed by atoms with Crippen molar-refractivity contribution in [2.45, 2.75) is 0 Å². The number of aromatic nitrogens is 1. The van der Waals surface area contributed by atoms with Gasteiger partial charge in [-0.3, -0.25) is 4.79 Å². The molecule has 0 aliphatic carbocycles. The number of anilines is 1. The largest absolute Gasteiger partial charge is 0.619 e. The Kier molecular flexibility index (Phi) is 5.24. The molecule has 1 aromatic heterocycles. The number of rotatable bonds is 5. The second-order valence-corrected chi connectivity index (χ2v) is 5.48. The fraction of sp³-hybridized carbons (Fsp3) is 0.0500. The highest BCUT2D eigenvalue weighted by molar-refractivity contribution is 5.98. The normalized spacial score (nSPS) is 10.2. The second kappa shape index (κ2) is 7.94. The third-order valence-corrected chi connectivity index (χ3v) is 3.66. The van der Waals surface area contributed by atoms with Gasteiger partial charge in [-0.25, -0.2) is 4.79 Å². The fourth-order valence-corrected chi connectivity index (χ4v) is 2.41. The molecular formula is C20H16N2O4. The van der Waals surface area contributed by atoms with Crippen LogP contribution in [0.15, 0.2) is 79.1 Å². The summed E-state index contributed by atoms with van der Waals surface area (Å²) in [6.45, 7) is -0.422. The zero-order valence-corrected chi connectivity index (χ0v) is 13.8. The van der Waals surface area contributed by atoms with Gasteiger partial charge in [-0.2, -0.15) is 4.73 Å². The summed E-state index contributed by atoms with van der Waals surface area (Å²) in [5.74, 6) is -1.12. The molecule has 6 heteroatoms. The molecule has 0 fully saturated rings. The molecule has 0 saturated heterocycles. The molecule has 0 spiro atoms. The number of hydrogen-bond acceptors (Lipinski definition) is 4. The van der Waals surface area contributed by atoms with E-state index in [1.54, 1.807) is 6.07 Å². The van der Waals surface area contributed by atoms with E-state index in [1.165, 1.54) is 24.5 Å². The average molecular weight is 348 g/mol. The molecule has 0 aliphatic rings. The molecule has 130 valence electrons. The summed E-state index contributed by atoms with van der Waals surface area (Å²) in [5.41, 5.74) is 2.67. The minimum absolute atomic E-state index is 0.203. The lowest BCUT2D eigenvalue weighted by Gasteiger charge is -2.11. The lowest BCUT2D eigenvalue weighted by molar-refractivity contribution is -0.605. The quantitative estimate of drug-likeness (QED) is 0.437. The molecule has 3 aromatic rings. The molecule has 1 heterocycles. The van der Waals surface area contributed by atoms with Crippen molar-refractivity contribution in [3.8, 4) is 11.1 Å². The summed E-state index contributed by atoms with van der Waals surface area (Å²) in [5, 5.41) is 13.7. The summed E-state index contributed by atoms with van der Waals surface area (Å²) < 4.78 is 5.54. The molecule has 0 atom stereocenters. The highest BCUT2D eigenvalue weighted by Crippen LogP contribution is 2.27. The Morgan fingerprint density at radius 3 is 2.31 bits per heavy atom. The Morgan fingerprint density at radius 2 is 1.58 bits per heavy atom. The van der Waals surface area contributed by atoms with Crippen LogP contribution in [0.3, 0.4) is 0 Å². The zero-order chi connectivity index (χ0) is 18.4. The maximum absolute atomic E-state index is 12.1. The molecule has 1 amide bonds. The Balaban J connectivity index is 1.64. The first-order chi connectivity index (χ1) is 12.6. The maximum Gasteiger partial charge on any atom is 0.339 e. The van der Waals surface area contributed by atoms with Gasteiger partial charge in [-0.1, -0.05) is 48.5 Å². The number of pyridine rings is 1. The minimum atomic E-state index is -0.669. The lowest BCUT2D eigenvalue weighted by Crippen LogP contribution is -2.25. The van der Waals surface area contributed by atoms with Crippen LogP contribution in [0.5, 0.6) is 0 Å². The second-order valence-electron chi connectivity index (χ2n) is 5.48. The summed E-state index contributed by atoms with van der Waals surface area (Å²) in [6, 6.07) is 19.7. The van der Waals surface area contributed by atoms with Crippen molar-refractivity contribution < 1.29 is 19.1 Å². The van der Waals surface area contributed by atoms with E-state index >= 15 is 0 Å². The summed E-state index contributed by atoms with van der Waals surface area (Å²) in [7, 11) is 0. The topological polar surface area (TPSA) is 82.3 Å². The van der Waals surface area contributed by atoms with Crippen LogP contribution in [0, 0.1) is 5.21 Å². The number of nitrogens with one attached hydrogen (secondary N) is 1.